The van der Waals surface area contributed by atoms with Crippen molar-refractivity contribution in [1.29, 1.82) is 0 Å². The summed E-state index contributed by atoms with van der Waals surface area (Å²) in [4.78, 5) is 39.2. The molecule has 2 aliphatic heterocycles. The molecule has 2 aliphatic rings. The van der Waals surface area contributed by atoms with E-state index in [9.17, 15) is 14.4 Å². The number of hydrogen-bond donors (Lipinski definition) is 0. The minimum absolute atomic E-state index is 0.0730. The topological polar surface area (TPSA) is 72.9 Å². The van der Waals surface area contributed by atoms with Crippen molar-refractivity contribution in [2.75, 3.05) is 18.9 Å². The number of thioether (sulfide) groups is 1. The largest absolute Gasteiger partial charge is 0.353 e. The fraction of sp³-hybridized carbons (Fsp3) is 0.348. The third kappa shape index (κ3) is 4.64. The molecule has 156 valence electrons. The van der Waals surface area contributed by atoms with E-state index in [2.05, 4.69) is 0 Å². The first-order valence-corrected chi connectivity index (χ1v) is 11.1. The maximum atomic E-state index is 12.7. The predicted octanol–water partition coefficient (Wildman–Crippen LogP) is 3.77. The Hall–Kier alpha value is -2.48. The lowest BCUT2D eigenvalue weighted by atomic mass is 10.1. The van der Waals surface area contributed by atoms with Crippen LogP contribution in [-0.2, 0) is 9.47 Å². The van der Waals surface area contributed by atoms with Crippen LogP contribution in [0.1, 0.15) is 50.3 Å². The fourth-order valence-corrected chi connectivity index (χ4v) is 4.43. The number of hydrogen-bond acceptors (Lipinski definition) is 6. The van der Waals surface area contributed by atoms with E-state index in [4.69, 9.17) is 9.47 Å². The van der Waals surface area contributed by atoms with Crippen LogP contribution in [0.3, 0.4) is 0 Å². The standard InChI is InChI=1S/C23H23NO5S/c25-21-18-10-4-5-11-19(18)22(26)24(21)14-17(29-20-12-6-7-13-28-20)15-30-23(27)16-8-2-1-3-9-16/h1-5,8-11,17,20H,6-7,12-15H2. The van der Waals surface area contributed by atoms with Crippen LogP contribution in [0.15, 0.2) is 54.6 Å². The number of fused-ring (bicyclic) bond motifs is 1. The highest BCUT2D eigenvalue weighted by atomic mass is 32.2. The molecule has 2 aromatic rings. The van der Waals surface area contributed by atoms with Gasteiger partial charge in [0.2, 0.25) is 5.12 Å². The van der Waals surface area contributed by atoms with Crippen molar-refractivity contribution in [2.45, 2.75) is 31.7 Å². The first kappa shape index (κ1) is 20.8. The molecule has 6 nitrogen and oxygen atoms in total. The van der Waals surface area contributed by atoms with Gasteiger partial charge in [-0.05, 0) is 31.4 Å². The highest BCUT2D eigenvalue weighted by molar-refractivity contribution is 8.14. The van der Waals surface area contributed by atoms with Crippen LogP contribution in [0, 0.1) is 0 Å². The summed E-state index contributed by atoms with van der Waals surface area (Å²) in [5.74, 6) is -0.331. The zero-order chi connectivity index (χ0) is 20.9. The van der Waals surface area contributed by atoms with Gasteiger partial charge in [0.15, 0.2) is 6.29 Å². The molecule has 2 atom stereocenters. The Bertz CT molecular complexity index is 891. The molecule has 0 radical (unpaired) electrons. The van der Waals surface area contributed by atoms with Crippen LogP contribution in [-0.4, -0.2) is 53.1 Å². The van der Waals surface area contributed by atoms with E-state index in [1.807, 2.05) is 18.2 Å². The Balaban J connectivity index is 1.45. The van der Waals surface area contributed by atoms with Crippen LogP contribution in [0.25, 0.3) is 0 Å². The number of imide groups is 1. The van der Waals surface area contributed by atoms with Gasteiger partial charge in [-0.3, -0.25) is 19.3 Å². The van der Waals surface area contributed by atoms with Crippen molar-refractivity contribution in [1.82, 2.24) is 4.90 Å². The molecule has 1 fully saturated rings. The minimum Gasteiger partial charge on any atom is -0.353 e. The molecule has 2 heterocycles. The van der Waals surface area contributed by atoms with Gasteiger partial charge < -0.3 is 9.47 Å². The zero-order valence-electron chi connectivity index (χ0n) is 16.5. The van der Waals surface area contributed by atoms with Gasteiger partial charge in [0.05, 0.1) is 23.8 Å². The highest BCUT2D eigenvalue weighted by Crippen LogP contribution is 2.25. The Kier molecular flexibility index (Phi) is 6.62. The summed E-state index contributed by atoms with van der Waals surface area (Å²) >= 11 is 1.13. The molecule has 0 bridgehead atoms. The number of nitrogens with zero attached hydrogens (tertiary/aromatic N) is 1. The van der Waals surface area contributed by atoms with Gasteiger partial charge in [-0.25, -0.2) is 0 Å². The van der Waals surface area contributed by atoms with E-state index in [1.54, 1.807) is 36.4 Å². The van der Waals surface area contributed by atoms with Crippen LogP contribution < -0.4 is 0 Å². The molecule has 2 aromatic carbocycles. The zero-order valence-corrected chi connectivity index (χ0v) is 17.3. The lowest BCUT2D eigenvalue weighted by Gasteiger charge is -2.29. The van der Waals surface area contributed by atoms with Crippen LogP contribution in [0.5, 0.6) is 0 Å². The number of benzene rings is 2. The molecule has 0 aliphatic carbocycles. The molecule has 4 rings (SSSR count). The second kappa shape index (κ2) is 9.55. The second-order valence-corrected chi connectivity index (χ2v) is 8.28. The van der Waals surface area contributed by atoms with Gasteiger partial charge in [-0.2, -0.15) is 0 Å². The molecule has 2 unspecified atom stereocenters. The summed E-state index contributed by atoms with van der Waals surface area (Å²) in [6, 6.07) is 15.8. The number of carbonyl (C=O) groups excluding carboxylic acids is 3. The highest BCUT2D eigenvalue weighted by Gasteiger charge is 2.37. The smallest absolute Gasteiger partial charge is 0.261 e. The van der Waals surface area contributed by atoms with E-state index in [-0.39, 0.29) is 29.8 Å². The average Bonchev–Trinajstić information content (AvgIpc) is 3.03. The summed E-state index contributed by atoms with van der Waals surface area (Å²) in [7, 11) is 0. The van der Waals surface area contributed by atoms with Gasteiger partial charge >= 0.3 is 0 Å². The molecule has 30 heavy (non-hydrogen) atoms. The summed E-state index contributed by atoms with van der Waals surface area (Å²) in [5.41, 5.74) is 1.42. The third-order valence-electron chi connectivity index (χ3n) is 5.16. The molecular formula is C23H23NO5S. The first-order chi connectivity index (χ1) is 14.6. The second-order valence-electron chi connectivity index (χ2n) is 7.29. The van der Waals surface area contributed by atoms with Gasteiger partial charge in [0.1, 0.15) is 0 Å². The van der Waals surface area contributed by atoms with Crippen molar-refractivity contribution in [2.24, 2.45) is 0 Å². The van der Waals surface area contributed by atoms with Crippen LogP contribution in [0.4, 0.5) is 0 Å². The van der Waals surface area contributed by atoms with Gasteiger partial charge in [0.25, 0.3) is 11.8 Å². The van der Waals surface area contributed by atoms with Crippen LogP contribution in [0.2, 0.25) is 0 Å². The molecule has 0 saturated carbocycles. The van der Waals surface area contributed by atoms with E-state index < -0.39 is 6.10 Å². The minimum atomic E-state index is -0.507. The lowest BCUT2D eigenvalue weighted by Crippen LogP contribution is -2.41. The SMILES string of the molecule is O=C(SCC(CN1C(=O)c2ccccc2C1=O)OC1CCCCO1)c1ccccc1. The maximum Gasteiger partial charge on any atom is 0.261 e. The number of ether oxygens (including phenoxy) is 2. The summed E-state index contributed by atoms with van der Waals surface area (Å²) < 4.78 is 11.8. The Morgan fingerprint density at radius 3 is 2.33 bits per heavy atom. The molecule has 0 spiro atoms. The lowest BCUT2D eigenvalue weighted by molar-refractivity contribution is -0.184. The number of amides is 2. The Morgan fingerprint density at radius 1 is 1.03 bits per heavy atom. The van der Waals surface area contributed by atoms with Crippen molar-refractivity contribution >= 4 is 28.7 Å². The van der Waals surface area contributed by atoms with Gasteiger partial charge in [-0.1, -0.05) is 54.2 Å². The van der Waals surface area contributed by atoms with Gasteiger partial charge in [0, 0.05) is 17.9 Å². The van der Waals surface area contributed by atoms with Crippen molar-refractivity contribution in [3.05, 3.63) is 71.3 Å². The normalized spacial score (nSPS) is 19.6. The Labute approximate surface area is 179 Å². The van der Waals surface area contributed by atoms with Crippen LogP contribution >= 0.6 is 11.8 Å². The first-order valence-electron chi connectivity index (χ1n) is 10.1. The third-order valence-corrected chi connectivity index (χ3v) is 6.19. The monoisotopic (exact) mass is 425 g/mol. The van der Waals surface area contributed by atoms with Crippen molar-refractivity contribution in [3.63, 3.8) is 0 Å². The fourth-order valence-electron chi connectivity index (χ4n) is 3.60. The summed E-state index contributed by atoms with van der Waals surface area (Å²) in [5, 5.41) is -0.0730. The predicted molar refractivity (Wildman–Crippen MR) is 114 cm³/mol. The van der Waals surface area contributed by atoms with E-state index >= 15 is 0 Å². The molecule has 0 aromatic heterocycles. The van der Waals surface area contributed by atoms with Crippen molar-refractivity contribution in [3.8, 4) is 0 Å². The molecule has 2 amide bonds. The number of rotatable bonds is 7. The van der Waals surface area contributed by atoms with E-state index in [0.29, 0.717) is 29.1 Å². The van der Waals surface area contributed by atoms with E-state index in [1.165, 1.54) is 4.90 Å². The quantitative estimate of drug-likeness (QED) is 0.629. The Morgan fingerprint density at radius 2 is 1.70 bits per heavy atom. The van der Waals surface area contributed by atoms with Crippen molar-refractivity contribution < 1.29 is 23.9 Å². The summed E-state index contributed by atoms with van der Waals surface area (Å²) in [6.07, 6.45) is 1.86. The van der Waals surface area contributed by atoms with Gasteiger partial charge in [-0.15, -0.1) is 0 Å². The average molecular weight is 426 g/mol. The van der Waals surface area contributed by atoms with E-state index in [0.717, 1.165) is 31.0 Å². The molecule has 0 N–H and O–H groups in total. The molecule has 7 heteroatoms. The molecular weight excluding hydrogens is 402 g/mol. The molecule has 1 saturated heterocycles. The number of carbonyl (C=O) groups is 3. The summed E-state index contributed by atoms with van der Waals surface area (Å²) in [6.45, 7) is 0.710. The maximum absolute atomic E-state index is 12.7.